The van der Waals surface area contributed by atoms with Crippen LogP contribution in [0.2, 0.25) is 0 Å². The maximum absolute atomic E-state index is 13.0. The van der Waals surface area contributed by atoms with E-state index in [0.717, 1.165) is 28.8 Å². The molecule has 1 aromatic heterocycles. The number of nitrogens with zero attached hydrogens (tertiary/aromatic N) is 3. The summed E-state index contributed by atoms with van der Waals surface area (Å²) in [6.45, 7) is 3.11. The Labute approximate surface area is 173 Å². The molecule has 3 heterocycles. The van der Waals surface area contributed by atoms with Crippen LogP contribution in [0.25, 0.3) is 0 Å². The lowest BCUT2D eigenvalue weighted by molar-refractivity contribution is 0.0739. The van der Waals surface area contributed by atoms with Crippen molar-refractivity contribution in [3.63, 3.8) is 0 Å². The first kappa shape index (κ1) is 20.2. The molecule has 1 amide bonds. The molecule has 1 aromatic carbocycles. The van der Waals surface area contributed by atoms with E-state index in [1.165, 1.54) is 6.20 Å². The minimum absolute atomic E-state index is 0.00880. The number of methoxy groups -OCH3 is 1. The number of carbonyl (C=O) groups excluding carboxylic acids is 1. The fourth-order valence-corrected chi connectivity index (χ4v) is 3.95. The smallest absolute Gasteiger partial charge is 0.328 e. The average molecular weight is 414 g/mol. The summed E-state index contributed by atoms with van der Waals surface area (Å²) in [5, 5.41) is 0. The van der Waals surface area contributed by atoms with Crippen LogP contribution in [0.3, 0.4) is 0 Å². The molecule has 30 heavy (non-hydrogen) atoms. The number of piperazine rings is 1. The van der Waals surface area contributed by atoms with Gasteiger partial charge in [-0.3, -0.25) is 14.2 Å². The maximum Gasteiger partial charge on any atom is 0.328 e. The Morgan fingerprint density at radius 1 is 1.17 bits per heavy atom. The Kier molecular flexibility index (Phi) is 5.89. The summed E-state index contributed by atoms with van der Waals surface area (Å²) >= 11 is 0. The fourth-order valence-electron chi connectivity index (χ4n) is 3.95. The van der Waals surface area contributed by atoms with E-state index >= 15 is 0 Å². The van der Waals surface area contributed by atoms with Crippen molar-refractivity contribution in [1.29, 1.82) is 0 Å². The van der Waals surface area contributed by atoms with Crippen molar-refractivity contribution < 1.29 is 14.3 Å². The molecular formula is C21H26N4O5. The lowest BCUT2D eigenvalue weighted by atomic mass is 10.2. The summed E-state index contributed by atoms with van der Waals surface area (Å²) in [7, 11) is 1.63. The summed E-state index contributed by atoms with van der Waals surface area (Å²) in [4.78, 5) is 44.3. The molecule has 0 spiro atoms. The third kappa shape index (κ3) is 4.11. The molecule has 1 unspecified atom stereocenters. The zero-order valence-corrected chi connectivity index (χ0v) is 17.0. The third-order valence-electron chi connectivity index (χ3n) is 5.71. The van der Waals surface area contributed by atoms with Crippen molar-refractivity contribution in [2.24, 2.45) is 0 Å². The molecule has 9 nitrogen and oxygen atoms in total. The SMILES string of the molecule is COc1ccc(N2CCN(C(=O)c3c[nH]c(=O)n(CC4CCCO4)c3=O)CC2)cc1. The summed E-state index contributed by atoms with van der Waals surface area (Å²) in [5.41, 5.74) is -0.0236. The highest BCUT2D eigenvalue weighted by Crippen LogP contribution is 2.21. The number of aromatic amines is 1. The molecule has 160 valence electrons. The first-order chi connectivity index (χ1) is 14.6. The topological polar surface area (TPSA) is 96.9 Å². The Bertz CT molecular complexity index is 999. The van der Waals surface area contributed by atoms with Crippen molar-refractivity contribution in [1.82, 2.24) is 14.5 Å². The van der Waals surface area contributed by atoms with E-state index in [0.29, 0.717) is 32.8 Å². The maximum atomic E-state index is 13.0. The molecular weight excluding hydrogens is 388 g/mol. The molecule has 2 aliphatic rings. The zero-order chi connectivity index (χ0) is 21.1. The predicted molar refractivity (Wildman–Crippen MR) is 111 cm³/mol. The van der Waals surface area contributed by atoms with Crippen molar-refractivity contribution >= 4 is 11.6 Å². The van der Waals surface area contributed by atoms with E-state index in [1.54, 1.807) is 12.0 Å². The molecule has 0 bridgehead atoms. The lowest BCUT2D eigenvalue weighted by Gasteiger charge is -2.36. The first-order valence-corrected chi connectivity index (χ1v) is 10.2. The van der Waals surface area contributed by atoms with Crippen molar-refractivity contribution in [2.75, 3.05) is 44.8 Å². The number of anilines is 1. The van der Waals surface area contributed by atoms with Crippen LogP contribution in [0, 0.1) is 0 Å². The highest BCUT2D eigenvalue weighted by Gasteiger charge is 2.26. The van der Waals surface area contributed by atoms with E-state index in [4.69, 9.17) is 9.47 Å². The molecule has 0 saturated carbocycles. The molecule has 2 aliphatic heterocycles. The Hall–Kier alpha value is -3.07. The van der Waals surface area contributed by atoms with Crippen molar-refractivity contribution in [2.45, 2.75) is 25.5 Å². The van der Waals surface area contributed by atoms with E-state index in [1.807, 2.05) is 24.3 Å². The van der Waals surface area contributed by atoms with Gasteiger partial charge in [-0.15, -0.1) is 0 Å². The quantitative estimate of drug-likeness (QED) is 0.773. The number of hydrogen-bond acceptors (Lipinski definition) is 6. The Morgan fingerprint density at radius 3 is 2.53 bits per heavy atom. The molecule has 2 saturated heterocycles. The van der Waals surface area contributed by atoms with E-state index in [9.17, 15) is 14.4 Å². The Balaban J connectivity index is 1.44. The molecule has 9 heteroatoms. The number of amides is 1. The molecule has 2 fully saturated rings. The second-order valence-corrected chi connectivity index (χ2v) is 7.54. The second kappa shape index (κ2) is 8.74. The van der Waals surface area contributed by atoms with Crippen LogP contribution < -0.4 is 20.9 Å². The van der Waals surface area contributed by atoms with E-state index in [-0.39, 0.29) is 24.1 Å². The van der Waals surface area contributed by atoms with Gasteiger partial charge < -0.3 is 24.3 Å². The molecule has 1 atom stereocenters. The number of ether oxygens (including phenoxy) is 2. The Morgan fingerprint density at radius 2 is 1.90 bits per heavy atom. The van der Waals surface area contributed by atoms with Gasteiger partial charge in [0, 0.05) is 44.7 Å². The summed E-state index contributed by atoms with van der Waals surface area (Å²) in [5.74, 6) is 0.441. The highest BCUT2D eigenvalue weighted by molar-refractivity contribution is 5.93. The van der Waals surface area contributed by atoms with Gasteiger partial charge in [-0.05, 0) is 37.1 Å². The van der Waals surface area contributed by atoms with Crippen LogP contribution in [-0.2, 0) is 11.3 Å². The predicted octanol–water partition coefficient (Wildman–Crippen LogP) is 0.687. The van der Waals surface area contributed by atoms with Gasteiger partial charge in [-0.1, -0.05) is 0 Å². The van der Waals surface area contributed by atoms with Crippen LogP contribution in [0.15, 0.2) is 40.1 Å². The number of benzene rings is 1. The molecule has 0 aliphatic carbocycles. The molecule has 1 N–H and O–H groups in total. The van der Waals surface area contributed by atoms with Crippen molar-refractivity contribution in [3.05, 3.63) is 56.9 Å². The third-order valence-corrected chi connectivity index (χ3v) is 5.71. The summed E-state index contributed by atoms with van der Waals surface area (Å²) in [6.07, 6.45) is 2.78. The summed E-state index contributed by atoms with van der Waals surface area (Å²) in [6, 6.07) is 7.79. The second-order valence-electron chi connectivity index (χ2n) is 7.54. The fraction of sp³-hybridized carbons (Fsp3) is 0.476. The normalized spacial score (nSPS) is 19.2. The number of hydrogen-bond donors (Lipinski definition) is 1. The summed E-state index contributed by atoms with van der Waals surface area (Å²) < 4.78 is 11.8. The zero-order valence-electron chi connectivity index (χ0n) is 17.0. The average Bonchev–Trinajstić information content (AvgIpc) is 3.30. The van der Waals surface area contributed by atoms with E-state index < -0.39 is 11.2 Å². The van der Waals surface area contributed by atoms with Gasteiger partial charge in [0.05, 0.1) is 19.8 Å². The minimum Gasteiger partial charge on any atom is -0.497 e. The monoisotopic (exact) mass is 414 g/mol. The first-order valence-electron chi connectivity index (χ1n) is 10.2. The molecule has 0 radical (unpaired) electrons. The minimum atomic E-state index is -0.558. The van der Waals surface area contributed by atoms with Gasteiger partial charge in [-0.2, -0.15) is 0 Å². The van der Waals surface area contributed by atoms with E-state index in [2.05, 4.69) is 9.88 Å². The highest BCUT2D eigenvalue weighted by atomic mass is 16.5. The van der Waals surface area contributed by atoms with Crippen LogP contribution in [0.1, 0.15) is 23.2 Å². The number of H-pyrrole nitrogens is 1. The van der Waals surface area contributed by atoms with Gasteiger partial charge in [-0.25, -0.2) is 4.79 Å². The van der Waals surface area contributed by atoms with Gasteiger partial charge in [0.2, 0.25) is 0 Å². The largest absolute Gasteiger partial charge is 0.497 e. The van der Waals surface area contributed by atoms with Crippen LogP contribution >= 0.6 is 0 Å². The molecule has 4 rings (SSSR count). The standard InChI is InChI=1S/C21H26N4O5/c1-29-16-6-4-15(5-7-16)23-8-10-24(11-9-23)19(26)18-13-22-21(28)25(20(18)27)14-17-3-2-12-30-17/h4-7,13,17H,2-3,8-12,14H2,1H3,(H,22,28). The van der Waals surface area contributed by atoms with Gasteiger partial charge >= 0.3 is 5.69 Å². The van der Waals surface area contributed by atoms with Gasteiger partial charge in [0.1, 0.15) is 11.3 Å². The number of carbonyl (C=O) groups is 1. The number of nitrogens with one attached hydrogen (secondary N) is 1. The van der Waals surface area contributed by atoms with Gasteiger partial charge in [0.25, 0.3) is 11.5 Å². The van der Waals surface area contributed by atoms with Crippen LogP contribution in [0.5, 0.6) is 5.75 Å². The lowest BCUT2D eigenvalue weighted by Crippen LogP contribution is -2.51. The number of rotatable bonds is 5. The van der Waals surface area contributed by atoms with Gasteiger partial charge in [0.15, 0.2) is 0 Å². The van der Waals surface area contributed by atoms with Crippen LogP contribution in [0.4, 0.5) is 5.69 Å². The number of aromatic nitrogens is 2. The van der Waals surface area contributed by atoms with Crippen LogP contribution in [-0.4, -0.2) is 66.4 Å². The molecule has 2 aromatic rings. The van der Waals surface area contributed by atoms with Crippen molar-refractivity contribution in [3.8, 4) is 5.75 Å².